The van der Waals surface area contributed by atoms with Crippen molar-refractivity contribution in [3.8, 4) is 0 Å². The van der Waals surface area contributed by atoms with Gasteiger partial charge in [0.05, 0.1) is 0 Å². The fourth-order valence-corrected chi connectivity index (χ4v) is 2.13. The molecule has 1 heterocycles. The van der Waals surface area contributed by atoms with Gasteiger partial charge in [-0.05, 0) is 11.5 Å². The van der Waals surface area contributed by atoms with Gasteiger partial charge in [0.25, 0.3) is 0 Å². The summed E-state index contributed by atoms with van der Waals surface area (Å²) in [5.41, 5.74) is 2.05. The van der Waals surface area contributed by atoms with Crippen molar-refractivity contribution in [1.29, 1.82) is 0 Å². The molecule has 0 spiro atoms. The Labute approximate surface area is 102 Å². The second-order valence-electron chi connectivity index (χ2n) is 4.86. The third kappa shape index (κ3) is 3.19. The van der Waals surface area contributed by atoms with E-state index in [9.17, 15) is 4.79 Å². The summed E-state index contributed by atoms with van der Waals surface area (Å²) in [5, 5.41) is 0. The zero-order valence-electron chi connectivity index (χ0n) is 10.3. The number of hydrogen-bond donors (Lipinski definition) is 0. The molecule has 1 aromatic rings. The maximum atomic E-state index is 11.6. The fraction of sp³-hybridized carbons (Fsp3) is 0.400. The van der Waals surface area contributed by atoms with Crippen LogP contribution in [0.25, 0.3) is 0 Å². The quantitative estimate of drug-likeness (QED) is 0.589. The molecule has 17 heavy (non-hydrogen) atoms. The molecule has 90 valence electrons. The van der Waals surface area contributed by atoms with Gasteiger partial charge < -0.3 is 4.74 Å². The molecule has 1 aliphatic rings. The van der Waals surface area contributed by atoms with Crippen LogP contribution in [0.3, 0.4) is 0 Å². The molecule has 1 aromatic carbocycles. The van der Waals surface area contributed by atoms with Crippen molar-refractivity contribution in [2.45, 2.75) is 32.8 Å². The smallest absolute Gasteiger partial charge is 0.334 e. The topological polar surface area (TPSA) is 26.3 Å². The molecule has 0 N–H and O–H groups in total. The highest BCUT2D eigenvalue weighted by atomic mass is 16.5. The molecule has 0 amide bonds. The number of benzene rings is 1. The van der Waals surface area contributed by atoms with Crippen LogP contribution in [0, 0.1) is 5.92 Å². The lowest BCUT2D eigenvalue weighted by molar-refractivity contribution is -0.138. The number of rotatable bonds is 3. The molecular weight excluding hydrogens is 212 g/mol. The highest BCUT2D eigenvalue weighted by Crippen LogP contribution is 2.24. The fourth-order valence-electron chi connectivity index (χ4n) is 2.13. The van der Waals surface area contributed by atoms with Crippen molar-refractivity contribution in [2.24, 2.45) is 5.92 Å². The number of cyclic esters (lactones) is 1. The zero-order chi connectivity index (χ0) is 12.3. The Morgan fingerprint density at radius 2 is 2.06 bits per heavy atom. The zero-order valence-corrected chi connectivity index (χ0v) is 10.3. The lowest BCUT2D eigenvalue weighted by atomic mass is 10.0. The average Bonchev–Trinajstić information content (AvgIpc) is 2.59. The van der Waals surface area contributed by atoms with Crippen LogP contribution < -0.4 is 0 Å². The number of carbonyl (C=O) groups excluding carboxylic acids is 1. The number of ether oxygens (including phenoxy) is 1. The highest BCUT2D eigenvalue weighted by molar-refractivity contribution is 5.90. The van der Waals surface area contributed by atoms with Crippen LogP contribution in [-0.2, 0) is 16.0 Å². The van der Waals surface area contributed by atoms with Crippen LogP contribution in [0.4, 0.5) is 0 Å². The molecule has 2 heteroatoms. The number of hydrogen-bond acceptors (Lipinski definition) is 2. The average molecular weight is 230 g/mol. The minimum Gasteiger partial charge on any atom is -0.458 e. The van der Waals surface area contributed by atoms with E-state index in [1.54, 1.807) is 0 Å². The van der Waals surface area contributed by atoms with E-state index in [0.717, 1.165) is 18.4 Å². The van der Waals surface area contributed by atoms with Gasteiger partial charge in [0.1, 0.15) is 6.10 Å². The van der Waals surface area contributed by atoms with E-state index in [-0.39, 0.29) is 12.1 Å². The molecule has 1 saturated heterocycles. The SMILES string of the molecule is CC(C)/C=C1/C[C@@H](Cc2ccccc2)OC1=O. The Balaban J connectivity index is 2.00. The van der Waals surface area contributed by atoms with Gasteiger partial charge in [-0.3, -0.25) is 0 Å². The largest absolute Gasteiger partial charge is 0.458 e. The van der Waals surface area contributed by atoms with Gasteiger partial charge in [-0.15, -0.1) is 0 Å². The summed E-state index contributed by atoms with van der Waals surface area (Å²) in [7, 11) is 0. The molecular formula is C15H18O2. The molecule has 0 saturated carbocycles. The van der Waals surface area contributed by atoms with Gasteiger partial charge in [-0.25, -0.2) is 4.79 Å². The Morgan fingerprint density at radius 3 is 2.71 bits per heavy atom. The molecule has 1 aliphatic heterocycles. The van der Waals surface area contributed by atoms with Gasteiger partial charge in [0.15, 0.2) is 0 Å². The molecule has 1 fully saturated rings. The number of esters is 1. The Kier molecular flexibility index (Phi) is 3.62. The Hall–Kier alpha value is -1.57. The Bertz CT molecular complexity index is 418. The minimum atomic E-state index is -0.139. The third-order valence-corrected chi connectivity index (χ3v) is 2.82. The van der Waals surface area contributed by atoms with Crippen molar-refractivity contribution in [2.75, 3.05) is 0 Å². The van der Waals surface area contributed by atoms with Gasteiger partial charge in [0, 0.05) is 18.4 Å². The summed E-state index contributed by atoms with van der Waals surface area (Å²) in [6.07, 6.45) is 3.57. The van der Waals surface area contributed by atoms with E-state index in [0.29, 0.717) is 5.92 Å². The predicted octanol–water partition coefficient (Wildman–Crippen LogP) is 3.13. The first kappa shape index (κ1) is 11.9. The van der Waals surface area contributed by atoms with E-state index < -0.39 is 0 Å². The second kappa shape index (κ2) is 5.17. The lowest BCUT2D eigenvalue weighted by Gasteiger charge is -2.07. The molecule has 0 bridgehead atoms. The van der Waals surface area contributed by atoms with E-state index >= 15 is 0 Å². The first-order valence-corrected chi connectivity index (χ1v) is 6.10. The normalized spacial score (nSPS) is 22.2. The molecule has 0 radical (unpaired) electrons. The van der Waals surface area contributed by atoms with Gasteiger partial charge in [-0.2, -0.15) is 0 Å². The second-order valence-corrected chi connectivity index (χ2v) is 4.86. The maximum absolute atomic E-state index is 11.6. The van der Waals surface area contributed by atoms with Crippen molar-refractivity contribution >= 4 is 5.97 Å². The monoisotopic (exact) mass is 230 g/mol. The summed E-state index contributed by atoms with van der Waals surface area (Å²) < 4.78 is 5.37. The summed E-state index contributed by atoms with van der Waals surface area (Å²) >= 11 is 0. The molecule has 1 atom stereocenters. The van der Waals surface area contributed by atoms with Crippen LogP contribution in [0.15, 0.2) is 42.0 Å². The summed E-state index contributed by atoms with van der Waals surface area (Å²) in [4.78, 5) is 11.6. The van der Waals surface area contributed by atoms with Crippen LogP contribution >= 0.6 is 0 Å². The Morgan fingerprint density at radius 1 is 1.35 bits per heavy atom. The molecule has 0 aliphatic carbocycles. The molecule has 0 aromatic heterocycles. The van der Waals surface area contributed by atoms with Crippen molar-refractivity contribution in [3.05, 3.63) is 47.5 Å². The molecule has 2 rings (SSSR count). The van der Waals surface area contributed by atoms with Crippen LogP contribution in [0.5, 0.6) is 0 Å². The van der Waals surface area contributed by atoms with E-state index in [1.165, 1.54) is 5.56 Å². The first-order valence-electron chi connectivity index (χ1n) is 6.10. The van der Waals surface area contributed by atoms with Gasteiger partial charge in [0.2, 0.25) is 0 Å². The maximum Gasteiger partial charge on any atom is 0.334 e. The predicted molar refractivity (Wildman–Crippen MR) is 67.6 cm³/mol. The molecule has 0 unspecified atom stereocenters. The summed E-state index contributed by atoms with van der Waals surface area (Å²) in [6.45, 7) is 4.15. The third-order valence-electron chi connectivity index (χ3n) is 2.82. The van der Waals surface area contributed by atoms with Crippen molar-refractivity contribution in [3.63, 3.8) is 0 Å². The summed E-state index contributed by atoms with van der Waals surface area (Å²) in [6, 6.07) is 10.2. The van der Waals surface area contributed by atoms with Crippen LogP contribution in [0.1, 0.15) is 25.8 Å². The van der Waals surface area contributed by atoms with Crippen LogP contribution in [-0.4, -0.2) is 12.1 Å². The van der Waals surface area contributed by atoms with Crippen molar-refractivity contribution in [1.82, 2.24) is 0 Å². The van der Waals surface area contributed by atoms with Crippen molar-refractivity contribution < 1.29 is 9.53 Å². The van der Waals surface area contributed by atoms with Gasteiger partial charge in [-0.1, -0.05) is 50.3 Å². The lowest BCUT2D eigenvalue weighted by Crippen LogP contribution is -2.09. The van der Waals surface area contributed by atoms with Crippen LogP contribution in [0.2, 0.25) is 0 Å². The molecule has 2 nitrogen and oxygen atoms in total. The minimum absolute atomic E-state index is 0.00917. The standard InChI is InChI=1S/C15H18O2/c1-11(2)8-13-10-14(17-15(13)16)9-12-6-4-3-5-7-12/h3-8,11,14H,9-10H2,1-2H3/b13-8-/t14-/m1/s1. The van der Waals surface area contributed by atoms with Gasteiger partial charge >= 0.3 is 5.97 Å². The summed E-state index contributed by atoms with van der Waals surface area (Å²) in [5.74, 6) is 0.257. The first-order chi connectivity index (χ1) is 8.15. The number of carbonyl (C=O) groups is 1. The highest BCUT2D eigenvalue weighted by Gasteiger charge is 2.28. The van der Waals surface area contributed by atoms with E-state index in [2.05, 4.69) is 26.0 Å². The van der Waals surface area contributed by atoms with E-state index in [4.69, 9.17) is 4.74 Å². The number of allylic oxidation sites excluding steroid dienone is 1. The van der Waals surface area contributed by atoms with E-state index in [1.807, 2.05) is 24.3 Å².